The van der Waals surface area contributed by atoms with Gasteiger partial charge in [-0.1, -0.05) is 6.07 Å². The van der Waals surface area contributed by atoms with Crippen molar-refractivity contribution in [3.63, 3.8) is 0 Å². The smallest absolute Gasteiger partial charge is 0.226 e. The number of fused-ring (bicyclic) bond motifs is 1. The molecular weight excluding hydrogens is 176 g/mol. The average Bonchev–Trinajstić information content (AvgIpc) is 2.16. The molecule has 0 radical (unpaired) electrons. The van der Waals surface area contributed by atoms with E-state index in [0.29, 0.717) is 0 Å². The highest BCUT2D eigenvalue weighted by atomic mass is 16.1. The van der Waals surface area contributed by atoms with Crippen LogP contribution in [0.3, 0.4) is 0 Å². The Balaban J connectivity index is 2.44. The number of pyridine rings is 1. The van der Waals surface area contributed by atoms with Crippen molar-refractivity contribution in [1.29, 1.82) is 0 Å². The SMILES string of the molecule is Cc1cnc2c(c1)CCCC2C(N)=O. The van der Waals surface area contributed by atoms with Gasteiger partial charge < -0.3 is 5.73 Å². The van der Waals surface area contributed by atoms with Crippen LogP contribution in [0.25, 0.3) is 0 Å². The zero-order valence-electron chi connectivity index (χ0n) is 8.29. The van der Waals surface area contributed by atoms with Gasteiger partial charge in [0, 0.05) is 6.20 Å². The predicted molar refractivity (Wildman–Crippen MR) is 53.8 cm³/mol. The molecule has 3 nitrogen and oxygen atoms in total. The van der Waals surface area contributed by atoms with E-state index in [1.54, 1.807) is 6.20 Å². The van der Waals surface area contributed by atoms with E-state index in [-0.39, 0.29) is 11.8 Å². The Morgan fingerprint density at radius 3 is 3.14 bits per heavy atom. The number of carbonyl (C=O) groups is 1. The molecule has 1 heterocycles. The number of nitrogens with two attached hydrogens (primary N) is 1. The number of aromatic nitrogens is 1. The van der Waals surface area contributed by atoms with Gasteiger partial charge in [-0.05, 0) is 37.3 Å². The fourth-order valence-corrected chi connectivity index (χ4v) is 2.06. The van der Waals surface area contributed by atoms with Crippen molar-refractivity contribution in [2.45, 2.75) is 32.1 Å². The van der Waals surface area contributed by atoms with Crippen LogP contribution >= 0.6 is 0 Å². The number of hydrogen-bond donors (Lipinski definition) is 1. The Labute approximate surface area is 83.3 Å². The molecule has 1 aliphatic carbocycles. The molecule has 2 N–H and O–H groups in total. The van der Waals surface area contributed by atoms with Gasteiger partial charge >= 0.3 is 0 Å². The number of primary amides is 1. The third-order valence-electron chi connectivity index (χ3n) is 2.75. The van der Waals surface area contributed by atoms with Crippen molar-refractivity contribution in [2.75, 3.05) is 0 Å². The maximum absolute atomic E-state index is 11.2. The first-order valence-corrected chi connectivity index (χ1v) is 4.93. The first-order chi connectivity index (χ1) is 6.68. The molecule has 74 valence electrons. The number of hydrogen-bond acceptors (Lipinski definition) is 2. The molecule has 0 saturated heterocycles. The molecule has 1 atom stereocenters. The van der Waals surface area contributed by atoms with Crippen LogP contribution in [-0.4, -0.2) is 10.9 Å². The molecule has 14 heavy (non-hydrogen) atoms. The van der Waals surface area contributed by atoms with Crippen LogP contribution in [-0.2, 0) is 11.2 Å². The van der Waals surface area contributed by atoms with E-state index in [2.05, 4.69) is 11.1 Å². The third-order valence-corrected chi connectivity index (χ3v) is 2.75. The fourth-order valence-electron chi connectivity index (χ4n) is 2.06. The summed E-state index contributed by atoms with van der Waals surface area (Å²) in [5.74, 6) is -0.415. The van der Waals surface area contributed by atoms with Gasteiger partial charge in [-0.15, -0.1) is 0 Å². The lowest BCUT2D eigenvalue weighted by Gasteiger charge is -2.21. The number of aryl methyl sites for hydroxylation is 2. The Kier molecular flexibility index (Phi) is 2.23. The summed E-state index contributed by atoms with van der Waals surface area (Å²) in [5, 5.41) is 0. The normalized spacial score (nSPS) is 20.2. The van der Waals surface area contributed by atoms with Crippen LogP contribution in [0.4, 0.5) is 0 Å². The summed E-state index contributed by atoms with van der Waals surface area (Å²) in [6, 6.07) is 2.11. The highest BCUT2D eigenvalue weighted by Crippen LogP contribution is 2.29. The molecule has 0 aromatic carbocycles. The maximum atomic E-state index is 11.2. The van der Waals surface area contributed by atoms with Crippen LogP contribution < -0.4 is 5.73 Å². The topological polar surface area (TPSA) is 56.0 Å². The quantitative estimate of drug-likeness (QED) is 0.725. The number of amides is 1. The van der Waals surface area contributed by atoms with Crippen LogP contribution in [0, 0.1) is 6.92 Å². The first kappa shape index (κ1) is 9.19. The summed E-state index contributed by atoms with van der Waals surface area (Å²) >= 11 is 0. The number of rotatable bonds is 1. The second-order valence-electron chi connectivity index (χ2n) is 3.90. The molecule has 0 aliphatic heterocycles. The zero-order chi connectivity index (χ0) is 10.1. The molecule has 0 bridgehead atoms. The lowest BCUT2D eigenvalue weighted by Crippen LogP contribution is -2.26. The van der Waals surface area contributed by atoms with Gasteiger partial charge in [0.1, 0.15) is 0 Å². The van der Waals surface area contributed by atoms with Gasteiger partial charge in [0.2, 0.25) is 5.91 Å². The second-order valence-corrected chi connectivity index (χ2v) is 3.90. The van der Waals surface area contributed by atoms with E-state index in [1.807, 2.05) is 6.92 Å². The maximum Gasteiger partial charge on any atom is 0.226 e. The van der Waals surface area contributed by atoms with Crippen LogP contribution in [0.15, 0.2) is 12.3 Å². The summed E-state index contributed by atoms with van der Waals surface area (Å²) in [4.78, 5) is 15.5. The Morgan fingerprint density at radius 1 is 1.64 bits per heavy atom. The van der Waals surface area contributed by atoms with E-state index in [9.17, 15) is 4.79 Å². The van der Waals surface area contributed by atoms with Crippen molar-refractivity contribution >= 4 is 5.91 Å². The average molecular weight is 190 g/mol. The largest absolute Gasteiger partial charge is 0.369 e. The summed E-state index contributed by atoms with van der Waals surface area (Å²) < 4.78 is 0. The van der Waals surface area contributed by atoms with E-state index < -0.39 is 0 Å². The minimum atomic E-state index is -0.248. The fraction of sp³-hybridized carbons (Fsp3) is 0.455. The monoisotopic (exact) mass is 190 g/mol. The van der Waals surface area contributed by atoms with Crippen molar-refractivity contribution in [2.24, 2.45) is 5.73 Å². The van der Waals surface area contributed by atoms with E-state index in [0.717, 1.165) is 30.5 Å². The minimum absolute atomic E-state index is 0.167. The van der Waals surface area contributed by atoms with Gasteiger partial charge in [-0.3, -0.25) is 9.78 Å². The van der Waals surface area contributed by atoms with Gasteiger partial charge in [-0.2, -0.15) is 0 Å². The summed E-state index contributed by atoms with van der Waals surface area (Å²) in [7, 11) is 0. The number of carbonyl (C=O) groups excluding carboxylic acids is 1. The van der Waals surface area contributed by atoms with E-state index >= 15 is 0 Å². The third kappa shape index (κ3) is 1.50. The van der Waals surface area contributed by atoms with Gasteiger partial charge in [-0.25, -0.2) is 0 Å². The lowest BCUT2D eigenvalue weighted by atomic mass is 9.86. The van der Waals surface area contributed by atoms with Gasteiger partial charge in [0.25, 0.3) is 0 Å². The van der Waals surface area contributed by atoms with Crippen molar-refractivity contribution in [1.82, 2.24) is 4.98 Å². The molecule has 0 fully saturated rings. The summed E-state index contributed by atoms with van der Waals surface area (Å²) in [5.41, 5.74) is 8.58. The lowest BCUT2D eigenvalue weighted by molar-refractivity contribution is -0.119. The molecule has 1 unspecified atom stereocenters. The molecule has 3 heteroatoms. The predicted octanol–water partition coefficient (Wildman–Crippen LogP) is 1.30. The Morgan fingerprint density at radius 2 is 2.43 bits per heavy atom. The molecule has 0 spiro atoms. The molecule has 0 saturated carbocycles. The highest BCUT2D eigenvalue weighted by molar-refractivity contribution is 5.82. The first-order valence-electron chi connectivity index (χ1n) is 4.93. The van der Waals surface area contributed by atoms with Crippen molar-refractivity contribution < 1.29 is 4.79 Å². The van der Waals surface area contributed by atoms with E-state index in [1.165, 1.54) is 5.56 Å². The second kappa shape index (κ2) is 3.40. The molecular formula is C11H14N2O. The van der Waals surface area contributed by atoms with Gasteiger partial charge in [0.15, 0.2) is 0 Å². The number of nitrogens with zero attached hydrogens (tertiary/aromatic N) is 1. The molecule has 1 aromatic rings. The zero-order valence-corrected chi connectivity index (χ0v) is 8.29. The van der Waals surface area contributed by atoms with Crippen LogP contribution in [0.1, 0.15) is 35.6 Å². The highest BCUT2D eigenvalue weighted by Gasteiger charge is 2.25. The van der Waals surface area contributed by atoms with Crippen molar-refractivity contribution in [3.8, 4) is 0 Å². The van der Waals surface area contributed by atoms with Crippen LogP contribution in [0.5, 0.6) is 0 Å². The summed E-state index contributed by atoms with van der Waals surface area (Å²) in [6.07, 6.45) is 4.71. The van der Waals surface area contributed by atoms with Crippen LogP contribution in [0.2, 0.25) is 0 Å². The molecule has 1 aliphatic rings. The Hall–Kier alpha value is -1.38. The minimum Gasteiger partial charge on any atom is -0.369 e. The Bertz CT molecular complexity index is 374. The van der Waals surface area contributed by atoms with Gasteiger partial charge in [0.05, 0.1) is 11.6 Å². The van der Waals surface area contributed by atoms with E-state index in [4.69, 9.17) is 5.73 Å². The molecule has 1 aromatic heterocycles. The molecule has 2 rings (SSSR count). The van der Waals surface area contributed by atoms with Crippen molar-refractivity contribution in [3.05, 3.63) is 29.1 Å². The standard InChI is InChI=1S/C11H14N2O/c1-7-5-8-3-2-4-9(11(12)14)10(8)13-6-7/h5-6,9H,2-4H2,1H3,(H2,12,14). The molecule has 1 amide bonds. The summed E-state index contributed by atoms with van der Waals surface area (Å²) in [6.45, 7) is 2.02.